The lowest BCUT2D eigenvalue weighted by molar-refractivity contribution is 0.377. The Morgan fingerprint density at radius 3 is 2.66 bits per heavy atom. The molecule has 10 heteroatoms. The van der Waals surface area contributed by atoms with Gasteiger partial charge in [0, 0.05) is 16.6 Å². The van der Waals surface area contributed by atoms with Crippen molar-refractivity contribution in [2.24, 2.45) is 0 Å². The SMILES string of the molecule is CCN(Cc1nc(-c2cccc(Br)c2)no1)c1c(N)n(Cc2ccccc2)c(=O)[nH]c1=O. The molecule has 9 nitrogen and oxygen atoms in total. The normalized spacial score (nSPS) is 10.9. The average molecular weight is 497 g/mol. The van der Waals surface area contributed by atoms with E-state index in [1.54, 1.807) is 4.90 Å². The molecule has 0 spiro atoms. The summed E-state index contributed by atoms with van der Waals surface area (Å²) in [6.07, 6.45) is 0. The summed E-state index contributed by atoms with van der Waals surface area (Å²) < 4.78 is 7.64. The van der Waals surface area contributed by atoms with Crippen molar-refractivity contribution in [1.82, 2.24) is 19.7 Å². The van der Waals surface area contributed by atoms with E-state index in [0.717, 1.165) is 15.6 Å². The molecule has 0 unspecified atom stereocenters. The number of aromatic nitrogens is 4. The second-order valence-corrected chi connectivity index (χ2v) is 8.02. The highest BCUT2D eigenvalue weighted by Gasteiger charge is 2.21. The van der Waals surface area contributed by atoms with Gasteiger partial charge >= 0.3 is 5.69 Å². The van der Waals surface area contributed by atoms with Gasteiger partial charge in [0.05, 0.1) is 13.1 Å². The number of nitrogens with two attached hydrogens (primary N) is 1. The Labute approximate surface area is 191 Å². The van der Waals surface area contributed by atoms with Crippen molar-refractivity contribution in [2.45, 2.75) is 20.0 Å². The number of hydrogen-bond donors (Lipinski definition) is 2. The average Bonchev–Trinajstić information content (AvgIpc) is 3.25. The lowest BCUT2D eigenvalue weighted by Crippen LogP contribution is -2.38. The van der Waals surface area contributed by atoms with Crippen LogP contribution in [0.3, 0.4) is 0 Å². The molecule has 3 N–H and O–H groups in total. The van der Waals surface area contributed by atoms with Crippen LogP contribution in [0.5, 0.6) is 0 Å². The number of nitrogens with one attached hydrogen (secondary N) is 1. The third-order valence-corrected chi connectivity index (χ3v) is 5.47. The molecular weight excluding hydrogens is 476 g/mol. The molecule has 0 atom stereocenters. The Kier molecular flexibility index (Phi) is 6.22. The molecule has 0 bridgehead atoms. The topological polar surface area (TPSA) is 123 Å². The predicted octanol–water partition coefficient (Wildman–Crippen LogP) is 3.01. The lowest BCUT2D eigenvalue weighted by atomic mass is 10.2. The summed E-state index contributed by atoms with van der Waals surface area (Å²) in [4.78, 5) is 33.6. The fourth-order valence-electron chi connectivity index (χ4n) is 3.38. The van der Waals surface area contributed by atoms with E-state index in [-0.39, 0.29) is 24.6 Å². The molecule has 0 fully saturated rings. The molecule has 0 amide bonds. The second kappa shape index (κ2) is 9.23. The molecule has 0 aliphatic rings. The summed E-state index contributed by atoms with van der Waals surface area (Å²) in [7, 11) is 0. The van der Waals surface area contributed by atoms with Crippen molar-refractivity contribution < 1.29 is 4.52 Å². The summed E-state index contributed by atoms with van der Waals surface area (Å²) in [5.74, 6) is 0.839. The van der Waals surface area contributed by atoms with Gasteiger partial charge in [-0.05, 0) is 24.6 Å². The van der Waals surface area contributed by atoms with Gasteiger partial charge in [-0.25, -0.2) is 4.79 Å². The van der Waals surface area contributed by atoms with Gasteiger partial charge in [-0.2, -0.15) is 4.98 Å². The quantitative estimate of drug-likeness (QED) is 0.403. The first-order chi connectivity index (χ1) is 15.5. The number of hydrogen-bond acceptors (Lipinski definition) is 7. The van der Waals surface area contributed by atoms with E-state index >= 15 is 0 Å². The summed E-state index contributed by atoms with van der Waals surface area (Å²) in [5, 5.41) is 4.03. The molecule has 2 heterocycles. The maximum absolute atomic E-state index is 12.7. The number of H-pyrrole nitrogens is 1. The minimum absolute atomic E-state index is 0.0798. The van der Waals surface area contributed by atoms with Gasteiger partial charge in [0.2, 0.25) is 11.7 Å². The van der Waals surface area contributed by atoms with Crippen LogP contribution in [0.25, 0.3) is 11.4 Å². The molecule has 0 saturated carbocycles. The van der Waals surface area contributed by atoms with E-state index in [9.17, 15) is 9.59 Å². The summed E-state index contributed by atoms with van der Waals surface area (Å²) in [6.45, 7) is 2.71. The van der Waals surface area contributed by atoms with Crippen molar-refractivity contribution in [3.8, 4) is 11.4 Å². The van der Waals surface area contributed by atoms with Gasteiger partial charge in [0.15, 0.2) is 0 Å². The van der Waals surface area contributed by atoms with Crippen molar-refractivity contribution >= 4 is 27.4 Å². The molecule has 0 aliphatic carbocycles. The van der Waals surface area contributed by atoms with E-state index in [1.165, 1.54) is 4.57 Å². The van der Waals surface area contributed by atoms with E-state index in [4.69, 9.17) is 10.3 Å². The van der Waals surface area contributed by atoms with Crippen molar-refractivity contribution in [3.63, 3.8) is 0 Å². The standard InChI is InChI=1S/C22H21BrN6O3/c1-2-28(13-17-25-20(27-32-17)15-9-6-10-16(23)11-15)18-19(24)29(22(31)26-21(18)30)12-14-7-4-3-5-8-14/h3-11H,2,12-13,24H2,1H3,(H,26,30,31). The van der Waals surface area contributed by atoms with Crippen LogP contribution < -0.4 is 21.9 Å². The second-order valence-electron chi connectivity index (χ2n) is 7.10. The van der Waals surface area contributed by atoms with Gasteiger partial charge in [-0.15, -0.1) is 0 Å². The molecule has 2 aromatic heterocycles. The number of nitrogen functional groups attached to an aromatic ring is 1. The molecule has 164 valence electrons. The zero-order chi connectivity index (χ0) is 22.7. The van der Waals surface area contributed by atoms with E-state index in [0.29, 0.717) is 18.3 Å². The summed E-state index contributed by atoms with van der Waals surface area (Å²) in [6, 6.07) is 17.0. The van der Waals surface area contributed by atoms with Crippen LogP contribution in [0.2, 0.25) is 0 Å². The molecule has 4 rings (SSSR count). The minimum atomic E-state index is -0.564. The van der Waals surface area contributed by atoms with Gasteiger partial charge in [-0.3, -0.25) is 14.3 Å². The van der Waals surface area contributed by atoms with Crippen LogP contribution in [0.4, 0.5) is 11.5 Å². The van der Waals surface area contributed by atoms with Crippen LogP contribution >= 0.6 is 15.9 Å². The van der Waals surface area contributed by atoms with Gasteiger partial charge in [0.25, 0.3) is 5.56 Å². The molecule has 0 aliphatic heterocycles. The largest absolute Gasteiger partial charge is 0.383 e. The fourth-order valence-corrected chi connectivity index (χ4v) is 3.78. The smallest absolute Gasteiger partial charge is 0.330 e. The van der Waals surface area contributed by atoms with Gasteiger partial charge in [0.1, 0.15) is 11.5 Å². The third-order valence-electron chi connectivity index (χ3n) is 4.97. The first-order valence-corrected chi connectivity index (χ1v) is 10.8. The van der Waals surface area contributed by atoms with Crippen molar-refractivity contribution in [3.05, 3.63) is 91.4 Å². The Hall–Kier alpha value is -3.66. The molecule has 32 heavy (non-hydrogen) atoms. The predicted molar refractivity (Wildman–Crippen MR) is 125 cm³/mol. The maximum atomic E-state index is 12.7. The number of halogens is 1. The lowest BCUT2D eigenvalue weighted by Gasteiger charge is -2.23. The zero-order valence-corrected chi connectivity index (χ0v) is 18.9. The van der Waals surface area contributed by atoms with Gasteiger partial charge < -0.3 is 15.2 Å². The Morgan fingerprint density at radius 2 is 1.94 bits per heavy atom. The highest BCUT2D eigenvalue weighted by molar-refractivity contribution is 9.10. The highest BCUT2D eigenvalue weighted by atomic mass is 79.9. The summed E-state index contributed by atoms with van der Waals surface area (Å²) in [5.41, 5.74) is 7.05. The molecular formula is C22H21BrN6O3. The number of benzene rings is 2. The number of aromatic amines is 1. The molecule has 0 saturated heterocycles. The number of rotatable bonds is 7. The van der Waals surface area contributed by atoms with Crippen LogP contribution in [0.1, 0.15) is 18.4 Å². The summed E-state index contributed by atoms with van der Waals surface area (Å²) >= 11 is 3.43. The maximum Gasteiger partial charge on any atom is 0.330 e. The molecule has 0 radical (unpaired) electrons. The van der Waals surface area contributed by atoms with Crippen molar-refractivity contribution in [1.29, 1.82) is 0 Å². The molecule has 2 aromatic carbocycles. The highest BCUT2D eigenvalue weighted by Crippen LogP contribution is 2.23. The van der Waals surface area contributed by atoms with E-state index < -0.39 is 11.2 Å². The van der Waals surface area contributed by atoms with Crippen LogP contribution in [-0.2, 0) is 13.1 Å². The Balaban J connectivity index is 1.65. The number of nitrogens with zero attached hydrogens (tertiary/aromatic N) is 4. The van der Waals surface area contributed by atoms with Crippen LogP contribution in [-0.4, -0.2) is 26.2 Å². The zero-order valence-electron chi connectivity index (χ0n) is 17.3. The Morgan fingerprint density at radius 1 is 1.16 bits per heavy atom. The van der Waals surface area contributed by atoms with E-state index in [1.807, 2.05) is 61.5 Å². The first kappa shape index (κ1) is 21.6. The number of anilines is 2. The van der Waals surface area contributed by atoms with Gasteiger partial charge in [-0.1, -0.05) is 63.6 Å². The fraction of sp³-hybridized carbons (Fsp3) is 0.182. The van der Waals surface area contributed by atoms with Crippen LogP contribution in [0.15, 0.2) is 73.2 Å². The van der Waals surface area contributed by atoms with E-state index in [2.05, 4.69) is 31.1 Å². The monoisotopic (exact) mass is 496 g/mol. The third kappa shape index (κ3) is 4.50. The van der Waals surface area contributed by atoms with Crippen molar-refractivity contribution in [2.75, 3.05) is 17.2 Å². The first-order valence-electron chi connectivity index (χ1n) is 9.96. The minimum Gasteiger partial charge on any atom is -0.383 e. The van der Waals surface area contributed by atoms with Crippen LogP contribution in [0, 0.1) is 0 Å². The Bertz CT molecular complexity index is 1350. The molecule has 4 aromatic rings.